The van der Waals surface area contributed by atoms with E-state index >= 15 is 0 Å². The Bertz CT molecular complexity index is 159. The maximum Gasteiger partial charge on any atom is 0.170 e. The van der Waals surface area contributed by atoms with Crippen molar-refractivity contribution in [1.29, 1.82) is 0 Å². The van der Waals surface area contributed by atoms with Gasteiger partial charge >= 0.3 is 0 Å². The lowest BCUT2D eigenvalue weighted by atomic mass is 9.97. The van der Waals surface area contributed by atoms with Crippen LogP contribution in [0.25, 0.3) is 0 Å². The summed E-state index contributed by atoms with van der Waals surface area (Å²) in [7, 11) is 0. The Labute approximate surface area is 67.2 Å². The van der Waals surface area contributed by atoms with Crippen LogP contribution in [0.5, 0.6) is 0 Å². The highest BCUT2D eigenvalue weighted by atomic mass is 16.6. The molecule has 0 amide bonds. The fourth-order valence-electron chi connectivity index (χ4n) is 1.14. The first-order chi connectivity index (χ1) is 5.29. The number of hydrogen-bond acceptors (Lipinski definition) is 2. The van der Waals surface area contributed by atoms with Gasteiger partial charge in [0.1, 0.15) is 6.10 Å². The Morgan fingerprint density at radius 2 is 2.55 bits per heavy atom. The summed E-state index contributed by atoms with van der Waals surface area (Å²) in [6.07, 6.45) is 3.55. The zero-order valence-corrected chi connectivity index (χ0v) is 6.88. The van der Waals surface area contributed by atoms with Crippen LogP contribution in [-0.4, -0.2) is 18.5 Å². The topological polar surface area (TPSA) is 29.6 Å². The molecule has 0 aliphatic carbocycles. The summed E-state index contributed by atoms with van der Waals surface area (Å²) in [5, 5.41) is 0. The minimum Gasteiger partial charge on any atom is -0.365 e. The Morgan fingerprint density at radius 3 is 2.91 bits per heavy atom. The van der Waals surface area contributed by atoms with Crippen molar-refractivity contribution in [3.05, 3.63) is 12.7 Å². The van der Waals surface area contributed by atoms with Crippen molar-refractivity contribution in [3.63, 3.8) is 0 Å². The lowest BCUT2D eigenvalue weighted by molar-refractivity contribution is -0.122. The molecular weight excluding hydrogens is 140 g/mol. The van der Waals surface area contributed by atoms with Crippen LogP contribution in [0.15, 0.2) is 12.7 Å². The highest BCUT2D eigenvalue weighted by molar-refractivity contribution is 5.88. The summed E-state index contributed by atoms with van der Waals surface area (Å²) in [6.45, 7) is 6.32. The molecular formula is C9H14O2. The molecule has 62 valence electrons. The summed E-state index contributed by atoms with van der Waals surface area (Å²) >= 11 is 0. The number of ketones is 1. The smallest absolute Gasteiger partial charge is 0.170 e. The number of carbonyl (C=O) groups excluding carboxylic acids is 1. The summed E-state index contributed by atoms with van der Waals surface area (Å²) < 4.78 is 4.90. The minimum absolute atomic E-state index is 0.0208. The van der Waals surface area contributed by atoms with Crippen molar-refractivity contribution in [1.82, 2.24) is 0 Å². The number of allylic oxidation sites excluding steroid dienone is 1. The standard InChI is InChI=1S/C9H14O2/c1-3-5-7(4-2)9(10)8-6-11-8/h4,7-8H,2-3,5-6H2,1H3. The molecule has 11 heavy (non-hydrogen) atoms. The van der Waals surface area contributed by atoms with Gasteiger partial charge in [-0.2, -0.15) is 0 Å². The van der Waals surface area contributed by atoms with Gasteiger partial charge < -0.3 is 4.74 Å². The van der Waals surface area contributed by atoms with Crippen LogP contribution in [0.2, 0.25) is 0 Å². The van der Waals surface area contributed by atoms with Crippen molar-refractivity contribution in [2.45, 2.75) is 25.9 Å². The minimum atomic E-state index is -0.107. The van der Waals surface area contributed by atoms with Crippen molar-refractivity contribution < 1.29 is 9.53 Å². The van der Waals surface area contributed by atoms with E-state index in [-0.39, 0.29) is 17.8 Å². The molecule has 1 saturated heterocycles. The first kappa shape index (κ1) is 8.47. The summed E-state index contributed by atoms with van der Waals surface area (Å²) in [5.74, 6) is 0.231. The van der Waals surface area contributed by atoms with Gasteiger partial charge in [0.15, 0.2) is 5.78 Å². The Kier molecular flexibility index (Phi) is 2.83. The van der Waals surface area contributed by atoms with Crippen LogP contribution in [0, 0.1) is 5.92 Å². The molecule has 0 N–H and O–H groups in total. The zero-order chi connectivity index (χ0) is 8.27. The third-order valence-electron chi connectivity index (χ3n) is 1.90. The van der Waals surface area contributed by atoms with Gasteiger partial charge in [-0.1, -0.05) is 19.4 Å². The second-order valence-corrected chi connectivity index (χ2v) is 2.86. The molecule has 0 aromatic heterocycles. The highest BCUT2D eigenvalue weighted by Gasteiger charge is 2.34. The predicted molar refractivity (Wildman–Crippen MR) is 43.3 cm³/mol. The molecule has 1 rings (SSSR count). The van der Waals surface area contributed by atoms with E-state index in [9.17, 15) is 4.79 Å². The van der Waals surface area contributed by atoms with Gasteiger partial charge in [-0.15, -0.1) is 6.58 Å². The lowest BCUT2D eigenvalue weighted by Crippen LogP contribution is -2.17. The summed E-state index contributed by atoms with van der Waals surface area (Å²) in [6, 6.07) is 0. The molecule has 2 nitrogen and oxygen atoms in total. The first-order valence-corrected chi connectivity index (χ1v) is 4.07. The summed E-state index contributed by atoms with van der Waals surface area (Å²) in [5.41, 5.74) is 0. The van der Waals surface area contributed by atoms with Crippen molar-refractivity contribution in [2.24, 2.45) is 5.92 Å². The van der Waals surface area contributed by atoms with Crippen molar-refractivity contribution in [3.8, 4) is 0 Å². The van der Waals surface area contributed by atoms with E-state index in [0.717, 1.165) is 12.8 Å². The molecule has 0 saturated carbocycles. The molecule has 1 aliphatic heterocycles. The van der Waals surface area contributed by atoms with Gasteiger partial charge in [0.05, 0.1) is 6.61 Å². The first-order valence-electron chi connectivity index (χ1n) is 4.07. The van der Waals surface area contributed by atoms with E-state index in [1.54, 1.807) is 6.08 Å². The number of epoxide rings is 1. The quantitative estimate of drug-likeness (QED) is 0.444. The summed E-state index contributed by atoms with van der Waals surface area (Å²) in [4.78, 5) is 11.3. The molecule has 1 fully saturated rings. The van der Waals surface area contributed by atoms with Crippen molar-refractivity contribution >= 4 is 5.78 Å². The molecule has 0 radical (unpaired) electrons. The Morgan fingerprint density at radius 1 is 1.91 bits per heavy atom. The van der Waals surface area contributed by atoms with Crippen LogP contribution in [0.3, 0.4) is 0 Å². The maximum atomic E-state index is 11.3. The van der Waals surface area contributed by atoms with Crippen LogP contribution in [0.4, 0.5) is 0 Å². The molecule has 0 aromatic rings. The average Bonchev–Trinajstić information content (AvgIpc) is 2.81. The van der Waals surface area contributed by atoms with Gasteiger partial charge in [-0.05, 0) is 6.42 Å². The lowest BCUT2D eigenvalue weighted by Gasteiger charge is -2.06. The molecule has 1 heterocycles. The average molecular weight is 154 g/mol. The van der Waals surface area contributed by atoms with E-state index in [4.69, 9.17) is 4.74 Å². The predicted octanol–water partition coefficient (Wildman–Crippen LogP) is 1.56. The molecule has 2 heteroatoms. The van der Waals surface area contributed by atoms with E-state index in [1.165, 1.54) is 0 Å². The molecule has 0 aromatic carbocycles. The molecule has 0 spiro atoms. The van der Waals surface area contributed by atoms with Gasteiger partial charge in [-0.3, -0.25) is 4.79 Å². The van der Waals surface area contributed by atoms with Crippen LogP contribution < -0.4 is 0 Å². The second kappa shape index (κ2) is 3.67. The highest BCUT2D eigenvalue weighted by Crippen LogP contribution is 2.19. The Balaban J connectivity index is 2.38. The normalized spacial score (nSPS) is 24.3. The number of carbonyl (C=O) groups is 1. The molecule has 0 bridgehead atoms. The van der Waals surface area contributed by atoms with Crippen LogP contribution in [-0.2, 0) is 9.53 Å². The van der Waals surface area contributed by atoms with Gasteiger partial charge in [-0.25, -0.2) is 0 Å². The number of hydrogen-bond donors (Lipinski definition) is 0. The van der Waals surface area contributed by atoms with E-state index in [0.29, 0.717) is 6.61 Å². The zero-order valence-electron chi connectivity index (χ0n) is 6.88. The number of rotatable bonds is 5. The van der Waals surface area contributed by atoms with Gasteiger partial charge in [0, 0.05) is 5.92 Å². The van der Waals surface area contributed by atoms with Gasteiger partial charge in [0.2, 0.25) is 0 Å². The maximum absolute atomic E-state index is 11.3. The fraction of sp³-hybridized carbons (Fsp3) is 0.667. The monoisotopic (exact) mass is 154 g/mol. The second-order valence-electron chi connectivity index (χ2n) is 2.86. The van der Waals surface area contributed by atoms with E-state index in [2.05, 4.69) is 13.5 Å². The number of ether oxygens (including phenoxy) is 1. The Hall–Kier alpha value is -0.630. The third-order valence-corrected chi connectivity index (χ3v) is 1.90. The van der Waals surface area contributed by atoms with Crippen LogP contribution >= 0.6 is 0 Å². The number of Topliss-reactive ketones (excluding diaryl/α,β-unsaturated/α-hetero) is 1. The van der Waals surface area contributed by atoms with Gasteiger partial charge in [0.25, 0.3) is 0 Å². The van der Waals surface area contributed by atoms with Crippen molar-refractivity contribution in [2.75, 3.05) is 6.61 Å². The van der Waals surface area contributed by atoms with Crippen LogP contribution in [0.1, 0.15) is 19.8 Å². The molecule has 2 atom stereocenters. The molecule has 2 unspecified atom stereocenters. The SMILES string of the molecule is C=CC(CCC)C(=O)C1CO1. The largest absolute Gasteiger partial charge is 0.365 e. The van der Waals surface area contributed by atoms with E-state index < -0.39 is 0 Å². The fourth-order valence-corrected chi connectivity index (χ4v) is 1.14. The third kappa shape index (κ3) is 2.15. The molecule has 1 aliphatic rings. The van der Waals surface area contributed by atoms with E-state index in [1.807, 2.05) is 0 Å².